The van der Waals surface area contributed by atoms with Gasteiger partial charge in [-0.1, -0.05) is 48.5 Å². The highest BCUT2D eigenvalue weighted by atomic mass is 32.1. The molecule has 18 heavy (non-hydrogen) atoms. The number of rotatable bonds is 2. The summed E-state index contributed by atoms with van der Waals surface area (Å²) in [7, 11) is 0. The highest BCUT2D eigenvalue weighted by molar-refractivity contribution is 7.17. The summed E-state index contributed by atoms with van der Waals surface area (Å²) in [6.07, 6.45) is 0. The molecular formula is C16H14OS. The molecule has 90 valence electrons. The van der Waals surface area contributed by atoms with Gasteiger partial charge in [0.15, 0.2) is 0 Å². The Kier molecular flexibility index (Phi) is 2.69. The number of hydrogen-bond acceptors (Lipinski definition) is 2. The lowest BCUT2D eigenvalue weighted by Crippen LogP contribution is -2.22. The second-order valence-electron chi connectivity index (χ2n) is 4.58. The van der Waals surface area contributed by atoms with Crippen molar-refractivity contribution >= 4 is 21.4 Å². The molecule has 3 rings (SSSR count). The van der Waals surface area contributed by atoms with Crippen molar-refractivity contribution in [3.8, 4) is 0 Å². The van der Waals surface area contributed by atoms with Crippen LogP contribution in [0.2, 0.25) is 0 Å². The fourth-order valence-corrected chi connectivity index (χ4v) is 3.31. The quantitative estimate of drug-likeness (QED) is 0.728. The van der Waals surface area contributed by atoms with E-state index in [1.54, 1.807) is 11.3 Å². The molecule has 0 saturated heterocycles. The summed E-state index contributed by atoms with van der Waals surface area (Å²) in [5.41, 5.74) is 0.943. The maximum Gasteiger partial charge on any atom is 0.113 e. The van der Waals surface area contributed by atoms with Crippen LogP contribution in [0, 0.1) is 0 Å². The van der Waals surface area contributed by atoms with Gasteiger partial charge in [0.2, 0.25) is 0 Å². The zero-order valence-electron chi connectivity index (χ0n) is 10.1. The third-order valence-corrected chi connectivity index (χ3v) is 4.30. The average Bonchev–Trinajstić information content (AvgIpc) is 2.87. The maximum absolute atomic E-state index is 10.9. The van der Waals surface area contributed by atoms with Crippen molar-refractivity contribution in [3.63, 3.8) is 0 Å². The summed E-state index contributed by atoms with van der Waals surface area (Å²) in [5.74, 6) is 0. The largest absolute Gasteiger partial charge is 0.381 e. The number of aliphatic hydroxyl groups is 1. The minimum Gasteiger partial charge on any atom is -0.381 e. The lowest BCUT2D eigenvalue weighted by atomic mass is 9.88. The summed E-state index contributed by atoms with van der Waals surface area (Å²) in [5, 5.41) is 14.1. The van der Waals surface area contributed by atoms with Gasteiger partial charge in [-0.3, -0.25) is 0 Å². The van der Waals surface area contributed by atoms with Gasteiger partial charge >= 0.3 is 0 Å². The molecule has 3 aromatic rings. The van der Waals surface area contributed by atoms with Crippen molar-refractivity contribution in [1.82, 2.24) is 0 Å². The predicted molar refractivity (Wildman–Crippen MR) is 76.9 cm³/mol. The minimum atomic E-state index is -0.953. The normalized spacial score (nSPS) is 14.6. The molecule has 0 radical (unpaired) electrons. The van der Waals surface area contributed by atoms with E-state index in [4.69, 9.17) is 0 Å². The van der Waals surface area contributed by atoms with Gasteiger partial charge < -0.3 is 5.11 Å². The first-order valence-electron chi connectivity index (χ1n) is 5.94. The highest BCUT2D eigenvalue weighted by Gasteiger charge is 2.27. The number of benzene rings is 2. The summed E-state index contributed by atoms with van der Waals surface area (Å²) in [6, 6.07) is 18.0. The van der Waals surface area contributed by atoms with Crippen LogP contribution in [-0.4, -0.2) is 5.11 Å². The van der Waals surface area contributed by atoms with Crippen LogP contribution in [0.1, 0.15) is 18.1 Å². The van der Waals surface area contributed by atoms with Gasteiger partial charge in [-0.05, 0) is 29.3 Å². The molecule has 1 nitrogen and oxygen atoms in total. The first-order chi connectivity index (χ1) is 8.69. The van der Waals surface area contributed by atoms with Crippen LogP contribution in [0.5, 0.6) is 0 Å². The third kappa shape index (κ3) is 1.74. The van der Waals surface area contributed by atoms with Crippen molar-refractivity contribution in [3.05, 3.63) is 71.1 Å². The second kappa shape index (κ2) is 4.23. The molecule has 0 amide bonds. The number of hydrogen-bond donors (Lipinski definition) is 1. The molecule has 0 aliphatic carbocycles. The van der Waals surface area contributed by atoms with Gasteiger partial charge in [0.25, 0.3) is 0 Å². The van der Waals surface area contributed by atoms with E-state index in [2.05, 4.69) is 17.5 Å². The van der Waals surface area contributed by atoms with Crippen molar-refractivity contribution in [2.24, 2.45) is 0 Å². The Balaban J connectivity index is 2.22. The van der Waals surface area contributed by atoms with Crippen LogP contribution >= 0.6 is 11.3 Å². The van der Waals surface area contributed by atoms with Gasteiger partial charge in [0.1, 0.15) is 5.60 Å². The summed E-state index contributed by atoms with van der Waals surface area (Å²) >= 11 is 1.68. The summed E-state index contributed by atoms with van der Waals surface area (Å²) < 4.78 is 1.16. The highest BCUT2D eigenvalue weighted by Crippen LogP contribution is 2.36. The third-order valence-electron chi connectivity index (χ3n) is 3.34. The molecule has 0 aliphatic heterocycles. The lowest BCUT2D eigenvalue weighted by Gasteiger charge is -2.25. The Morgan fingerprint density at radius 2 is 1.72 bits per heavy atom. The smallest absolute Gasteiger partial charge is 0.113 e. The van der Waals surface area contributed by atoms with Crippen LogP contribution in [0.4, 0.5) is 0 Å². The Morgan fingerprint density at radius 3 is 2.50 bits per heavy atom. The van der Waals surface area contributed by atoms with Crippen molar-refractivity contribution in [1.29, 1.82) is 0 Å². The predicted octanol–water partition coefficient (Wildman–Crippen LogP) is 4.16. The first kappa shape index (κ1) is 11.5. The second-order valence-corrected chi connectivity index (χ2v) is 5.50. The molecule has 1 atom stereocenters. The van der Waals surface area contributed by atoms with E-state index >= 15 is 0 Å². The Labute approximate surface area is 110 Å². The van der Waals surface area contributed by atoms with Gasteiger partial charge in [-0.15, -0.1) is 11.3 Å². The van der Waals surface area contributed by atoms with Crippen molar-refractivity contribution in [2.75, 3.05) is 0 Å². The molecule has 1 heterocycles. The number of thiophene rings is 1. The minimum absolute atomic E-state index is 0.922. The SMILES string of the molecule is CC(O)(c1ccccc1)c1cccc2ccsc12. The summed E-state index contributed by atoms with van der Waals surface area (Å²) in [6.45, 7) is 1.86. The van der Waals surface area contributed by atoms with E-state index in [0.717, 1.165) is 15.8 Å². The Bertz CT molecular complexity index is 668. The van der Waals surface area contributed by atoms with E-state index in [1.807, 2.05) is 49.4 Å². The van der Waals surface area contributed by atoms with Crippen LogP contribution in [-0.2, 0) is 5.60 Å². The molecule has 0 fully saturated rings. The molecule has 0 spiro atoms. The van der Waals surface area contributed by atoms with Crippen molar-refractivity contribution in [2.45, 2.75) is 12.5 Å². The van der Waals surface area contributed by atoms with E-state index in [-0.39, 0.29) is 0 Å². The maximum atomic E-state index is 10.9. The van der Waals surface area contributed by atoms with Gasteiger partial charge in [-0.2, -0.15) is 0 Å². The molecule has 0 bridgehead atoms. The van der Waals surface area contributed by atoms with Crippen molar-refractivity contribution < 1.29 is 5.11 Å². The summed E-state index contributed by atoms with van der Waals surface area (Å²) in [4.78, 5) is 0. The Hall–Kier alpha value is -1.64. The van der Waals surface area contributed by atoms with Crippen LogP contribution in [0.15, 0.2) is 60.0 Å². The van der Waals surface area contributed by atoms with E-state index < -0.39 is 5.60 Å². The van der Waals surface area contributed by atoms with E-state index in [1.165, 1.54) is 5.39 Å². The van der Waals surface area contributed by atoms with Crippen LogP contribution in [0.25, 0.3) is 10.1 Å². The first-order valence-corrected chi connectivity index (χ1v) is 6.82. The molecule has 0 saturated carbocycles. The van der Waals surface area contributed by atoms with Gasteiger partial charge in [0, 0.05) is 10.3 Å². The van der Waals surface area contributed by atoms with E-state index in [9.17, 15) is 5.11 Å². The molecule has 2 heteroatoms. The van der Waals surface area contributed by atoms with Crippen LogP contribution < -0.4 is 0 Å². The average molecular weight is 254 g/mol. The lowest BCUT2D eigenvalue weighted by molar-refractivity contribution is 0.104. The van der Waals surface area contributed by atoms with Gasteiger partial charge in [0.05, 0.1) is 0 Å². The Morgan fingerprint density at radius 1 is 0.944 bits per heavy atom. The molecule has 1 unspecified atom stereocenters. The van der Waals surface area contributed by atoms with Gasteiger partial charge in [-0.25, -0.2) is 0 Å². The number of fused-ring (bicyclic) bond motifs is 1. The standard InChI is InChI=1S/C16H14OS/c1-16(17,13-7-3-2-4-8-13)14-9-5-6-12-10-11-18-15(12)14/h2-11,17H,1H3. The fraction of sp³-hybridized carbons (Fsp3) is 0.125. The molecule has 1 N–H and O–H groups in total. The topological polar surface area (TPSA) is 20.2 Å². The fourth-order valence-electron chi connectivity index (χ4n) is 2.29. The zero-order valence-corrected chi connectivity index (χ0v) is 10.9. The molecule has 2 aromatic carbocycles. The van der Waals surface area contributed by atoms with E-state index in [0.29, 0.717) is 0 Å². The molecule has 0 aliphatic rings. The zero-order chi connectivity index (χ0) is 12.6. The monoisotopic (exact) mass is 254 g/mol. The van der Waals surface area contributed by atoms with Crippen LogP contribution in [0.3, 0.4) is 0 Å². The molecular weight excluding hydrogens is 240 g/mol. The molecule has 1 aromatic heterocycles.